The van der Waals surface area contributed by atoms with Gasteiger partial charge in [-0.3, -0.25) is 14.5 Å². The van der Waals surface area contributed by atoms with E-state index in [1.54, 1.807) is 33.1 Å². The topological polar surface area (TPSA) is 87.7 Å². The summed E-state index contributed by atoms with van der Waals surface area (Å²) in [5.74, 6) is -0.625. The molecule has 0 atom stereocenters. The average Bonchev–Trinajstić information content (AvgIpc) is 2.75. The number of nitrogens with one attached hydrogen (secondary N) is 2. The van der Waals surface area contributed by atoms with Gasteiger partial charge in [0, 0.05) is 32.0 Å². The Morgan fingerprint density at radius 2 is 1.91 bits per heavy atom. The van der Waals surface area contributed by atoms with E-state index in [1.807, 2.05) is 0 Å². The minimum atomic E-state index is -0.362. The number of hydrogen-bond donors (Lipinski definition) is 2. The number of rotatable bonds is 6. The molecule has 0 saturated carbocycles. The maximum absolute atomic E-state index is 12.3. The predicted molar refractivity (Wildman–Crippen MR) is 85.6 cm³/mol. The van der Waals surface area contributed by atoms with Crippen molar-refractivity contribution in [3.8, 4) is 0 Å². The SMILES string of the molecule is COCCCNC(=O)Nc1ccc2c(c1)C(=O)N(C(C)C)C2=O. The molecule has 1 aromatic carbocycles. The van der Waals surface area contributed by atoms with Crippen LogP contribution in [0.25, 0.3) is 0 Å². The second-order valence-electron chi connectivity index (χ2n) is 5.56. The van der Waals surface area contributed by atoms with E-state index in [2.05, 4.69) is 10.6 Å². The number of carbonyl (C=O) groups excluding carboxylic acids is 3. The van der Waals surface area contributed by atoms with Gasteiger partial charge < -0.3 is 15.4 Å². The average molecular weight is 319 g/mol. The Bertz CT molecular complexity index is 628. The molecule has 0 saturated heterocycles. The molecule has 1 aliphatic heterocycles. The minimum Gasteiger partial charge on any atom is -0.385 e. The van der Waals surface area contributed by atoms with E-state index >= 15 is 0 Å². The number of urea groups is 1. The number of amides is 4. The van der Waals surface area contributed by atoms with Gasteiger partial charge in [0.2, 0.25) is 0 Å². The molecule has 1 aliphatic rings. The third-order valence-electron chi connectivity index (χ3n) is 3.50. The first-order valence-corrected chi connectivity index (χ1v) is 7.51. The van der Waals surface area contributed by atoms with Crippen molar-refractivity contribution in [3.05, 3.63) is 29.3 Å². The minimum absolute atomic E-state index is 0.206. The van der Waals surface area contributed by atoms with E-state index in [0.717, 1.165) is 0 Å². The molecule has 0 spiro atoms. The van der Waals surface area contributed by atoms with Crippen LogP contribution in [0.4, 0.5) is 10.5 Å². The summed E-state index contributed by atoms with van der Waals surface area (Å²) in [4.78, 5) is 37.5. The third kappa shape index (κ3) is 3.68. The lowest BCUT2D eigenvalue weighted by Gasteiger charge is -2.17. The van der Waals surface area contributed by atoms with Crippen molar-refractivity contribution in [1.29, 1.82) is 0 Å². The third-order valence-corrected chi connectivity index (χ3v) is 3.50. The molecule has 1 heterocycles. The van der Waals surface area contributed by atoms with Crippen LogP contribution < -0.4 is 10.6 Å². The van der Waals surface area contributed by atoms with E-state index in [1.165, 1.54) is 11.0 Å². The van der Waals surface area contributed by atoms with Crippen molar-refractivity contribution < 1.29 is 19.1 Å². The highest BCUT2D eigenvalue weighted by atomic mass is 16.5. The second-order valence-corrected chi connectivity index (χ2v) is 5.56. The Balaban J connectivity index is 2.04. The normalized spacial score (nSPS) is 13.5. The van der Waals surface area contributed by atoms with Crippen molar-refractivity contribution >= 4 is 23.5 Å². The van der Waals surface area contributed by atoms with Crippen molar-refractivity contribution in [3.63, 3.8) is 0 Å². The summed E-state index contributed by atoms with van der Waals surface area (Å²) in [5, 5.41) is 5.34. The molecule has 1 aromatic rings. The predicted octanol–water partition coefficient (Wildman–Crippen LogP) is 1.85. The molecular formula is C16H21N3O4. The summed E-state index contributed by atoms with van der Waals surface area (Å²) < 4.78 is 4.90. The highest BCUT2D eigenvalue weighted by molar-refractivity contribution is 6.22. The number of methoxy groups -OCH3 is 1. The van der Waals surface area contributed by atoms with Crippen LogP contribution in [0, 0.1) is 0 Å². The number of fused-ring (bicyclic) bond motifs is 1. The zero-order chi connectivity index (χ0) is 17.0. The maximum atomic E-state index is 12.3. The fourth-order valence-corrected chi connectivity index (χ4v) is 2.40. The van der Waals surface area contributed by atoms with Gasteiger partial charge in [-0.2, -0.15) is 0 Å². The molecular weight excluding hydrogens is 298 g/mol. The van der Waals surface area contributed by atoms with Crippen molar-refractivity contribution in [1.82, 2.24) is 10.2 Å². The first-order chi connectivity index (χ1) is 11.0. The summed E-state index contributed by atoms with van der Waals surface area (Å²) in [5.41, 5.74) is 1.16. The van der Waals surface area contributed by atoms with Crippen LogP contribution in [0.5, 0.6) is 0 Å². The van der Waals surface area contributed by atoms with Crippen LogP contribution in [0.1, 0.15) is 41.0 Å². The molecule has 7 heteroatoms. The van der Waals surface area contributed by atoms with Crippen LogP contribution in [-0.2, 0) is 4.74 Å². The summed E-state index contributed by atoms with van der Waals surface area (Å²) in [6.45, 7) is 4.63. The lowest BCUT2D eigenvalue weighted by molar-refractivity contribution is 0.0609. The van der Waals surface area contributed by atoms with Gasteiger partial charge in [-0.15, -0.1) is 0 Å². The Kier molecular flexibility index (Phi) is 5.33. The molecule has 124 valence electrons. The van der Waals surface area contributed by atoms with Crippen LogP contribution in [0.3, 0.4) is 0 Å². The largest absolute Gasteiger partial charge is 0.385 e. The van der Waals surface area contributed by atoms with Gasteiger partial charge in [0.15, 0.2) is 0 Å². The van der Waals surface area contributed by atoms with E-state index in [-0.39, 0.29) is 23.9 Å². The maximum Gasteiger partial charge on any atom is 0.319 e. The summed E-state index contributed by atoms with van der Waals surface area (Å²) in [7, 11) is 1.60. The highest BCUT2D eigenvalue weighted by Gasteiger charge is 2.37. The number of ether oxygens (including phenoxy) is 1. The van der Waals surface area contributed by atoms with E-state index in [0.29, 0.717) is 36.4 Å². The lowest BCUT2D eigenvalue weighted by Crippen LogP contribution is -2.35. The molecule has 0 radical (unpaired) electrons. The number of benzene rings is 1. The second kappa shape index (κ2) is 7.23. The molecule has 0 unspecified atom stereocenters. The first kappa shape index (κ1) is 17.0. The Labute approximate surface area is 135 Å². The van der Waals surface area contributed by atoms with Crippen LogP contribution in [0.15, 0.2) is 18.2 Å². The van der Waals surface area contributed by atoms with Gasteiger partial charge in [-0.25, -0.2) is 4.79 Å². The Hall–Kier alpha value is -2.41. The molecule has 0 fully saturated rings. The van der Waals surface area contributed by atoms with E-state index in [9.17, 15) is 14.4 Å². The van der Waals surface area contributed by atoms with Gasteiger partial charge in [0.05, 0.1) is 11.1 Å². The quantitative estimate of drug-likeness (QED) is 0.619. The number of imide groups is 1. The number of nitrogens with zero attached hydrogens (tertiary/aromatic N) is 1. The smallest absolute Gasteiger partial charge is 0.319 e. The van der Waals surface area contributed by atoms with Crippen LogP contribution >= 0.6 is 0 Å². The molecule has 4 amide bonds. The summed E-state index contributed by atoms with van der Waals surface area (Å²) >= 11 is 0. The Morgan fingerprint density at radius 1 is 1.22 bits per heavy atom. The monoisotopic (exact) mass is 319 g/mol. The van der Waals surface area contributed by atoms with E-state index < -0.39 is 0 Å². The fraction of sp³-hybridized carbons (Fsp3) is 0.438. The fourth-order valence-electron chi connectivity index (χ4n) is 2.40. The molecule has 2 rings (SSSR count). The van der Waals surface area contributed by atoms with Crippen molar-refractivity contribution in [2.75, 3.05) is 25.6 Å². The number of hydrogen-bond acceptors (Lipinski definition) is 4. The lowest BCUT2D eigenvalue weighted by atomic mass is 10.1. The van der Waals surface area contributed by atoms with Gasteiger partial charge in [0.1, 0.15) is 0 Å². The molecule has 23 heavy (non-hydrogen) atoms. The van der Waals surface area contributed by atoms with Gasteiger partial charge in [0.25, 0.3) is 11.8 Å². The van der Waals surface area contributed by atoms with Gasteiger partial charge >= 0.3 is 6.03 Å². The first-order valence-electron chi connectivity index (χ1n) is 7.51. The summed E-state index contributed by atoms with van der Waals surface area (Å²) in [6, 6.07) is 4.15. The van der Waals surface area contributed by atoms with Gasteiger partial charge in [-0.05, 0) is 38.5 Å². The Morgan fingerprint density at radius 3 is 2.57 bits per heavy atom. The highest BCUT2D eigenvalue weighted by Crippen LogP contribution is 2.27. The molecule has 7 nitrogen and oxygen atoms in total. The number of anilines is 1. The molecule has 0 aromatic heterocycles. The summed E-state index contributed by atoms with van der Waals surface area (Å²) in [6.07, 6.45) is 0.713. The number of carbonyl (C=O) groups is 3. The van der Waals surface area contributed by atoms with Crippen LogP contribution in [-0.4, -0.2) is 49.0 Å². The van der Waals surface area contributed by atoms with Gasteiger partial charge in [-0.1, -0.05) is 0 Å². The zero-order valence-corrected chi connectivity index (χ0v) is 13.5. The van der Waals surface area contributed by atoms with Crippen molar-refractivity contribution in [2.24, 2.45) is 0 Å². The molecule has 0 bridgehead atoms. The molecule has 0 aliphatic carbocycles. The van der Waals surface area contributed by atoms with Crippen LogP contribution in [0.2, 0.25) is 0 Å². The standard InChI is InChI=1S/C16H21N3O4/c1-10(2)19-14(20)12-6-5-11(9-13(12)15(19)21)18-16(22)17-7-4-8-23-3/h5-6,9-10H,4,7-8H2,1-3H3,(H2,17,18,22). The van der Waals surface area contributed by atoms with Crippen molar-refractivity contribution in [2.45, 2.75) is 26.3 Å². The zero-order valence-electron chi connectivity index (χ0n) is 13.5. The van der Waals surface area contributed by atoms with E-state index in [4.69, 9.17) is 4.74 Å². The molecule has 2 N–H and O–H groups in total.